The number of hydrogen-bond acceptors (Lipinski definition) is 2. The van der Waals surface area contributed by atoms with Gasteiger partial charge in [-0.1, -0.05) is 18.2 Å². The number of aryl methyl sites for hydroxylation is 1. The number of carbonyl (C=O) groups is 1. The predicted molar refractivity (Wildman–Crippen MR) is 70.3 cm³/mol. The highest BCUT2D eigenvalue weighted by Gasteiger charge is 2.30. The van der Waals surface area contributed by atoms with Crippen LogP contribution in [0.4, 0.5) is 13.2 Å². The fourth-order valence-corrected chi connectivity index (χ4v) is 1.90. The predicted octanol–water partition coefficient (Wildman–Crippen LogP) is 4.26. The van der Waals surface area contributed by atoms with Crippen LogP contribution < -0.4 is 4.74 Å². The van der Waals surface area contributed by atoms with Crippen LogP contribution in [0, 0.1) is 6.92 Å². The normalized spacial score (nSPS) is 11.2. The molecule has 0 bridgehead atoms. The maximum absolute atomic E-state index is 12.1. The lowest BCUT2D eigenvalue weighted by Crippen LogP contribution is -2.16. The van der Waals surface area contributed by atoms with Gasteiger partial charge >= 0.3 is 12.3 Å². The van der Waals surface area contributed by atoms with Crippen LogP contribution in [-0.2, 0) is 0 Å². The molecule has 6 heteroatoms. The van der Waals surface area contributed by atoms with Crippen molar-refractivity contribution < 1.29 is 27.8 Å². The molecule has 2 rings (SSSR count). The standard InChI is InChI=1S/C15H11F3O3/c1-9-2-3-11(14(19)20)8-13(9)10-4-6-12(7-5-10)21-15(16,17)18/h2-8H,1H3,(H,19,20). The van der Waals surface area contributed by atoms with E-state index in [4.69, 9.17) is 5.11 Å². The Bertz CT molecular complexity index is 661. The number of halogens is 3. The van der Waals surface area contributed by atoms with E-state index < -0.39 is 12.3 Å². The summed E-state index contributed by atoms with van der Waals surface area (Å²) in [6.45, 7) is 1.79. The van der Waals surface area contributed by atoms with Gasteiger partial charge in [-0.15, -0.1) is 13.2 Å². The van der Waals surface area contributed by atoms with Crippen LogP contribution in [0.1, 0.15) is 15.9 Å². The van der Waals surface area contributed by atoms with E-state index in [1.165, 1.54) is 36.4 Å². The summed E-state index contributed by atoms with van der Waals surface area (Å²) in [4.78, 5) is 11.0. The third-order valence-electron chi connectivity index (χ3n) is 2.88. The van der Waals surface area contributed by atoms with Gasteiger partial charge in [0, 0.05) is 0 Å². The molecule has 0 aromatic heterocycles. The van der Waals surface area contributed by atoms with Gasteiger partial charge in [0.2, 0.25) is 0 Å². The fourth-order valence-electron chi connectivity index (χ4n) is 1.90. The lowest BCUT2D eigenvalue weighted by molar-refractivity contribution is -0.274. The van der Waals surface area contributed by atoms with Gasteiger partial charge in [-0.05, 0) is 47.9 Å². The first-order valence-corrected chi connectivity index (χ1v) is 5.96. The maximum atomic E-state index is 12.1. The second-order valence-corrected chi connectivity index (χ2v) is 4.41. The van der Waals surface area contributed by atoms with Crippen molar-refractivity contribution in [2.75, 3.05) is 0 Å². The van der Waals surface area contributed by atoms with Gasteiger partial charge in [0.15, 0.2) is 0 Å². The van der Waals surface area contributed by atoms with E-state index in [0.717, 1.165) is 5.56 Å². The Kier molecular flexibility index (Phi) is 3.88. The van der Waals surface area contributed by atoms with Crippen molar-refractivity contribution in [3.8, 4) is 16.9 Å². The molecule has 0 unspecified atom stereocenters. The quantitative estimate of drug-likeness (QED) is 0.920. The van der Waals surface area contributed by atoms with Crippen LogP contribution in [0.15, 0.2) is 42.5 Å². The Morgan fingerprint density at radius 2 is 1.71 bits per heavy atom. The van der Waals surface area contributed by atoms with Crippen molar-refractivity contribution in [2.45, 2.75) is 13.3 Å². The molecule has 0 aliphatic heterocycles. The zero-order valence-electron chi connectivity index (χ0n) is 10.9. The molecule has 0 amide bonds. The molecule has 21 heavy (non-hydrogen) atoms. The van der Waals surface area contributed by atoms with E-state index in [1.807, 2.05) is 0 Å². The summed E-state index contributed by atoms with van der Waals surface area (Å²) in [6.07, 6.45) is -4.74. The van der Waals surface area contributed by atoms with Gasteiger partial charge in [0.1, 0.15) is 5.75 Å². The summed E-state index contributed by atoms with van der Waals surface area (Å²) in [5.74, 6) is -1.38. The number of carboxylic acids is 1. The van der Waals surface area contributed by atoms with Gasteiger partial charge in [-0.3, -0.25) is 0 Å². The van der Waals surface area contributed by atoms with Gasteiger partial charge in [-0.2, -0.15) is 0 Å². The number of aromatic carboxylic acids is 1. The average Bonchev–Trinajstić information content (AvgIpc) is 2.38. The molecule has 0 heterocycles. The summed E-state index contributed by atoms with van der Waals surface area (Å²) in [5.41, 5.74) is 2.20. The highest BCUT2D eigenvalue weighted by molar-refractivity contribution is 5.90. The summed E-state index contributed by atoms with van der Waals surface area (Å²) in [7, 11) is 0. The molecular formula is C15H11F3O3. The highest BCUT2D eigenvalue weighted by atomic mass is 19.4. The van der Waals surface area contributed by atoms with Crippen molar-refractivity contribution in [2.24, 2.45) is 0 Å². The van der Waals surface area contributed by atoms with Crippen LogP contribution in [0.25, 0.3) is 11.1 Å². The number of hydrogen-bond donors (Lipinski definition) is 1. The molecule has 110 valence electrons. The number of alkyl halides is 3. The van der Waals surface area contributed by atoms with Crippen molar-refractivity contribution in [3.05, 3.63) is 53.6 Å². The zero-order chi connectivity index (χ0) is 15.6. The average molecular weight is 296 g/mol. The molecule has 3 nitrogen and oxygen atoms in total. The van der Waals surface area contributed by atoms with Crippen molar-refractivity contribution in [1.29, 1.82) is 0 Å². The smallest absolute Gasteiger partial charge is 0.478 e. The van der Waals surface area contributed by atoms with E-state index in [9.17, 15) is 18.0 Å². The minimum atomic E-state index is -4.74. The molecule has 0 saturated heterocycles. The van der Waals surface area contributed by atoms with Gasteiger partial charge in [-0.25, -0.2) is 4.79 Å². The van der Waals surface area contributed by atoms with Crippen LogP contribution in [0.3, 0.4) is 0 Å². The molecule has 1 N–H and O–H groups in total. The van der Waals surface area contributed by atoms with Gasteiger partial charge in [0.25, 0.3) is 0 Å². The number of ether oxygens (including phenoxy) is 1. The number of benzene rings is 2. The molecule has 0 aliphatic rings. The Morgan fingerprint density at radius 3 is 2.24 bits per heavy atom. The largest absolute Gasteiger partial charge is 0.573 e. The van der Waals surface area contributed by atoms with Crippen LogP contribution >= 0.6 is 0 Å². The third kappa shape index (κ3) is 3.75. The van der Waals surface area contributed by atoms with Crippen molar-refractivity contribution >= 4 is 5.97 Å². The lowest BCUT2D eigenvalue weighted by Gasteiger charge is -2.11. The van der Waals surface area contributed by atoms with E-state index >= 15 is 0 Å². The van der Waals surface area contributed by atoms with Crippen LogP contribution in [0.5, 0.6) is 5.75 Å². The molecule has 0 fully saturated rings. The van der Waals surface area contributed by atoms with Crippen LogP contribution in [0.2, 0.25) is 0 Å². The minimum Gasteiger partial charge on any atom is -0.478 e. The molecule has 0 aliphatic carbocycles. The Morgan fingerprint density at radius 1 is 1.10 bits per heavy atom. The van der Waals surface area contributed by atoms with Crippen molar-refractivity contribution in [3.63, 3.8) is 0 Å². The molecule has 0 spiro atoms. The Balaban J connectivity index is 2.34. The van der Waals surface area contributed by atoms with E-state index in [2.05, 4.69) is 4.74 Å². The van der Waals surface area contributed by atoms with Crippen LogP contribution in [-0.4, -0.2) is 17.4 Å². The molecular weight excluding hydrogens is 285 g/mol. The third-order valence-corrected chi connectivity index (χ3v) is 2.88. The first-order valence-electron chi connectivity index (χ1n) is 5.96. The Labute approximate surface area is 118 Å². The monoisotopic (exact) mass is 296 g/mol. The summed E-state index contributed by atoms with van der Waals surface area (Å²) < 4.78 is 40.0. The van der Waals surface area contributed by atoms with E-state index in [1.54, 1.807) is 13.0 Å². The fraction of sp³-hybridized carbons (Fsp3) is 0.133. The first kappa shape index (κ1) is 14.9. The SMILES string of the molecule is Cc1ccc(C(=O)O)cc1-c1ccc(OC(F)(F)F)cc1. The summed E-state index contributed by atoms with van der Waals surface area (Å²) >= 11 is 0. The molecule has 2 aromatic rings. The van der Waals surface area contributed by atoms with Gasteiger partial charge in [0.05, 0.1) is 5.56 Å². The molecule has 0 radical (unpaired) electrons. The lowest BCUT2D eigenvalue weighted by atomic mass is 9.98. The summed E-state index contributed by atoms with van der Waals surface area (Å²) in [6, 6.07) is 9.90. The second kappa shape index (κ2) is 5.47. The summed E-state index contributed by atoms with van der Waals surface area (Å²) in [5, 5.41) is 8.97. The minimum absolute atomic E-state index is 0.117. The Hall–Kier alpha value is -2.50. The molecule has 0 saturated carbocycles. The molecule has 2 aromatic carbocycles. The van der Waals surface area contributed by atoms with Crippen molar-refractivity contribution in [1.82, 2.24) is 0 Å². The maximum Gasteiger partial charge on any atom is 0.573 e. The van der Waals surface area contributed by atoms with Gasteiger partial charge < -0.3 is 9.84 Å². The highest BCUT2D eigenvalue weighted by Crippen LogP contribution is 2.28. The second-order valence-electron chi connectivity index (χ2n) is 4.41. The van der Waals surface area contributed by atoms with E-state index in [-0.39, 0.29) is 11.3 Å². The molecule has 0 atom stereocenters. The number of carboxylic acid groups (broad SMARTS) is 1. The first-order chi connectivity index (χ1) is 9.76. The topological polar surface area (TPSA) is 46.5 Å². The number of rotatable bonds is 3. The zero-order valence-corrected chi connectivity index (χ0v) is 10.9. The van der Waals surface area contributed by atoms with E-state index in [0.29, 0.717) is 11.1 Å².